The van der Waals surface area contributed by atoms with E-state index in [1.165, 1.54) is 11.1 Å². The molecule has 2 rings (SSSR count). The van der Waals surface area contributed by atoms with Gasteiger partial charge in [0.15, 0.2) is 0 Å². The summed E-state index contributed by atoms with van der Waals surface area (Å²) in [5, 5.41) is 0. The number of methoxy groups -OCH3 is 1. The molecule has 1 saturated heterocycles. The number of hydrogen-bond donors (Lipinski definition) is 1. The van der Waals surface area contributed by atoms with E-state index in [4.69, 9.17) is 10.5 Å². The lowest BCUT2D eigenvalue weighted by atomic mass is 10.0. The van der Waals surface area contributed by atoms with Gasteiger partial charge in [0, 0.05) is 45.9 Å². The van der Waals surface area contributed by atoms with Crippen molar-refractivity contribution in [3.63, 3.8) is 0 Å². The van der Waals surface area contributed by atoms with Gasteiger partial charge in [-0.3, -0.25) is 4.90 Å². The highest BCUT2D eigenvalue weighted by molar-refractivity contribution is 5.26. The van der Waals surface area contributed by atoms with E-state index in [1.807, 2.05) is 0 Å². The summed E-state index contributed by atoms with van der Waals surface area (Å²) >= 11 is 0. The van der Waals surface area contributed by atoms with E-state index in [2.05, 4.69) is 41.0 Å². The number of benzene rings is 1. The molecule has 1 heterocycles. The number of hydrogen-bond acceptors (Lipinski definition) is 4. The van der Waals surface area contributed by atoms with E-state index in [9.17, 15) is 0 Å². The van der Waals surface area contributed by atoms with Crippen LogP contribution in [0.3, 0.4) is 0 Å². The summed E-state index contributed by atoms with van der Waals surface area (Å²) in [5.41, 5.74) is 8.57. The Bertz CT molecular complexity index is 402. The summed E-state index contributed by atoms with van der Waals surface area (Å²) in [4.78, 5) is 5.00. The lowest BCUT2D eigenvalue weighted by Gasteiger charge is -2.38. The van der Waals surface area contributed by atoms with Crippen LogP contribution in [0, 0.1) is 0 Å². The highest BCUT2D eigenvalue weighted by Gasteiger charge is 2.23. The van der Waals surface area contributed by atoms with Crippen molar-refractivity contribution in [1.29, 1.82) is 0 Å². The van der Waals surface area contributed by atoms with E-state index in [0.29, 0.717) is 19.2 Å². The van der Waals surface area contributed by atoms with Gasteiger partial charge in [0.25, 0.3) is 0 Å². The van der Waals surface area contributed by atoms with Crippen LogP contribution in [-0.4, -0.2) is 56.2 Å². The molecule has 1 aliphatic heterocycles. The van der Waals surface area contributed by atoms with Crippen LogP contribution in [0.25, 0.3) is 0 Å². The molecule has 0 spiro atoms. The van der Waals surface area contributed by atoms with Crippen LogP contribution in [0.5, 0.6) is 0 Å². The van der Waals surface area contributed by atoms with Crippen molar-refractivity contribution in [2.75, 3.05) is 46.4 Å². The van der Waals surface area contributed by atoms with Crippen molar-refractivity contribution in [3.05, 3.63) is 35.4 Å². The molecule has 20 heavy (non-hydrogen) atoms. The summed E-state index contributed by atoms with van der Waals surface area (Å²) in [7, 11) is 1.73. The van der Waals surface area contributed by atoms with Crippen LogP contribution in [-0.2, 0) is 11.3 Å². The fourth-order valence-corrected chi connectivity index (χ4v) is 2.94. The van der Waals surface area contributed by atoms with Crippen molar-refractivity contribution in [3.8, 4) is 0 Å². The molecule has 2 N–H and O–H groups in total. The SMILES string of the molecule is CCN1CCN(C(CN)c2cccc(COC)c2)CC1. The van der Waals surface area contributed by atoms with E-state index >= 15 is 0 Å². The van der Waals surface area contributed by atoms with Crippen LogP contribution < -0.4 is 5.73 Å². The van der Waals surface area contributed by atoms with Gasteiger partial charge in [0.1, 0.15) is 0 Å². The Labute approximate surface area is 122 Å². The highest BCUT2D eigenvalue weighted by atomic mass is 16.5. The molecule has 112 valence electrons. The van der Waals surface area contributed by atoms with Gasteiger partial charge < -0.3 is 15.4 Å². The van der Waals surface area contributed by atoms with E-state index in [1.54, 1.807) is 7.11 Å². The lowest BCUT2D eigenvalue weighted by molar-refractivity contribution is 0.102. The standard InChI is InChI=1S/C16H27N3O/c1-3-18-7-9-19(10-8-18)16(12-17)15-6-4-5-14(11-15)13-20-2/h4-6,11,16H,3,7-10,12-13,17H2,1-2H3. The number of likely N-dealkylation sites (N-methyl/N-ethyl adjacent to an activating group) is 1. The Morgan fingerprint density at radius 3 is 2.60 bits per heavy atom. The van der Waals surface area contributed by atoms with Gasteiger partial charge in [0.05, 0.1) is 6.61 Å². The van der Waals surface area contributed by atoms with Gasteiger partial charge in [-0.2, -0.15) is 0 Å². The Balaban J connectivity index is 2.06. The molecule has 1 unspecified atom stereocenters. The average molecular weight is 277 g/mol. The predicted octanol–water partition coefficient (Wildman–Crippen LogP) is 1.47. The second-order valence-corrected chi connectivity index (χ2v) is 5.40. The molecule has 0 aliphatic carbocycles. The summed E-state index contributed by atoms with van der Waals surface area (Å²) in [5.74, 6) is 0. The van der Waals surface area contributed by atoms with Crippen LogP contribution in [0.1, 0.15) is 24.1 Å². The second kappa shape index (κ2) is 7.74. The Morgan fingerprint density at radius 1 is 1.25 bits per heavy atom. The molecular weight excluding hydrogens is 250 g/mol. The molecule has 0 bridgehead atoms. The molecule has 1 fully saturated rings. The monoisotopic (exact) mass is 277 g/mol. The quantitative estimate of drug-likeness (QED) is 0.855. The van der Waals surface area contributed by atoms with Gasteiger partial charge in [-0.15, -0.1) is 0 Å². The van der Waals surface area contributed by atoms with Crippen LogP contribution in [0.4, 0.5) is 0 Å². The minimum absolute atomic E-state index is 0.325. The normalized spacial score (nSPS) is 19.1. The first-order valence-electron chi connectivity index (χ1n) is 7.52. The third-order valence-electron chi connectivity index (χ3n) is 4.16. The first-order valence-corrected chi connectivity index (χ1v) is 7.52. The minimum atomic E-state index is 0.325. The smallest absolute Gasteiger partial charge is 0.0713 e. The number of nitrogens with zero attached hydrogens (tertiary/aromatic N) is 2. The largest absolute Gasteiger partial charge is 0.380 e. The maximum Gasteiger partial charge on any atom is 0.0713 e. The highest BCUT2D eigenvalue weighted by Crippen LogP contribution is 2.22. The second-order valence-electron chi connectivity index (χ2n) is 5.40. The molecule has 0 radical (unpaired) electrons. The summed E-state index contributed by atoms with van der Waals surface area (Å²) in [6, 6.07) is 8.95. The molecule has 4 nitrogen and oxygen atoms in total. The Morgan fingerprint density at radius 2 is 2.00 bits per heavy atom. The fraction of sp³-hybridized carbons (Fsp3) is 0.625. The zero-order valence-electron chi connectivity index (χ0n) is 12.7. The summed E-state index contributed by atoms with van der Waals surface area (Å²) < 4.78 is 5.22. The van der Waals surface area contributed by atoms with Crippen LogP contribution >= 0.6 is 0 Å². The third-order valence-corrected chi connectivity index (χ3v) is 4.16. The molecule has 1 aromatic rings. The van der Waals surface area contributed by atoms with Crippen molar-refractivity contribution in [2.45, 2.75) is 19.6 Å². The molecule has 0 saturated carbocycles. The zero-order chi connectivity index (χ0) is 14.4. The molecule has 1 aliphatic rings. The van der Waals surface area contributed by atoms with Crippen LogP contribution in [0.15, 0.2) is 24.3 Å². The zero-order valence-corrected chi connectivity index (χ0v) is 12.7. The molecule has 0 amide bonds. The van der Waals surface area contributed by atoms with E-state index < -0.39 is 0 Å². The van der Waals surface area contributed by atoms with Crippen molar-refractivity contribution in [1.82, 2.24) is 9.80 Å². The van der Waals surface area contributed by atoms with Gasteiger partial charge in [0.2, 0.25) is 0 Å². The van der Waals surface area contributed by atoms with E-state index in [0.717, 1.165) is 32.7 Å². The topological polar surface area (TPSA) is 41.7 Å². The number of ether oxygens (including phenoxy) is 1. The first-order chi connectivity index (χ1) is 9.78. The van der Waals surface area contributed by atoms with Crippen LogP contribution in [0.2, 0.25) is 0 Å². The Kier molecular flexibility index (Phi) is 5.98. The Hall–Kier alpha value is -0.940. The van der Waals surface area contributed by atoms with E-state index in [-0.39, 0.29) is 0 Å². The number of piperazine rings is 1. The maximum absolute atomic E-state index is 6.04. The van der Waals surface area contributed by atoms with Gasteiger partial charge in [-0.05, 0) is 17.7 Å². The third kappa shape index (κ3) is 3.79. The van der Waals surface area contributed by atoms with Gasteiger partial charge in [-0.25, -0.2) is 0 Å². The first kappa shape index (κ1) is 15.4. The predicted molar refractivity (Wildman–Crippen MR) is 82.6 cm³/mol. The van der Waals surface area contributed by atoms with Crippen molar-refractivity contribution < 1.29 is 4.74 Å². The molecule has 4 heteroatoms. The fourth-order valence-electron chi connectivity index (χ4n) is 2.94. The molecule has 1 atom stereocenters. The van der Waals surface area contributed by atoms with Gasteiger partial charge in [-0.1, -0.05) is 31.2 Å². The lowest BCUT2D eigenvalue weighted by Crippen LogP contribution is -2.48. The molecule has 1 aromatic carbocycles. The number of nitrogens with two attached hydrogens (primary N) is 1. The summed E-state index contributed by atoms with van der Waals surface area (Å²) in [6.07, 6.45) is 0. The van der Waals surface area contributed by atoms with Crippen molar-refractivity contribution >= 4 is 0 Å². The molecular formula is C16H27N3O. The minimum Gasteiger partial charge on any atom is -0.380 e. The van der Waals surface area contributed by atoms with Crippen molar-refractivity contribution in [2.24, 2.45) is 5.73 Å². The maximum atomic E-state index is 6.04. The molecule has 0 aromatic heterocycles. The average Bonchev–Trinajstić information content (AvgIpc) is 2.49. The number of rotatable bonds is 6. The van der Waals surface area contributed by atoms with Gasteiger partial charge >= 0.3 is 0 Å². The summed E-state index contributed by atoms with van der Waals surface area (Å²) in [6.45, 7) is 9.19.